The van der Waals surface area contributed by atoms with E-state index in [1.807, 2.05) is 77.1 Å². The fourth-order valence-electron chi connectivity index (χ4n) is 8.89. The highest BCUT2D eigenvalue weighted by atomic mass is 16.6. The van der Waals surface area contributed by atoms with E-state index in [4.69, 9.17) is 23.7 Å². The van der Waals surface area contributed by atoms with Gasteiger partial charge in [0.2, 0.25) is 0 Å². The normalized spacial score (nSPS) is 37.9. The van der Waals surface area contributed by atoms with Crippen molar-refractivity contribution in [3.05, 3.63) is 84.5 Å². The molecule has 0 aliphatic carbocycles. The van der Waals surface area contributed by atoms with Gasteiger partial charge in [-0.3, -0.25) is 0 Å². The molecular weight excluding hydrogens is 705 g/mol. The van der Waals surface area contributed by atoms with Gasteiger partial charge in [0.1, 0.15) is 6.10 Å². The van der Waals surface area contributed by atoms with E-state index in [1.54, 1.807) is 6.08 Å². The highest BCUT2D eigenvalue weighted by Gasteiger charge is 2.56. The number of aliphatic hydroxyl groups excluding tert-OH is 2. The van der Waals surface area contributed by atoms with Crippen molar-refractivity contribution in [3.8, 4) is 0 Å². The van der Waals surface area contributed by atoms with E-state index in [2.05, 4.69) is 46.9 Å². The Balaban J connectivity index is 0.00000204. The zero-order valence-corrected chi connectivity index (χ0v) is 35.4. The molecule has 13 atom stereocenters. The molecule has 3 N–H and O–H groups in total. The summed E-state index contributed by atoms with van der Waals surface area (Å²) in [5.41, 5.74) is 0.835. The van der Waals surface area contributed by atoms with Crippen LogP contribution < -0.4 is 0 Å². The van der Waals surface area contributed by atoms with Crippen molar-refractivity contribution in [2.24, 2.45) is 5.92 Å². The number of fused-ring (bicyclic) bond motifs is 2. The van der Waals surface area contributed by atoms with E-state index in [0.717, 1.165) is 55.2 Å². The van der Waals surface area contributed by atoms with Crippen molar-refractivity contribution in [3.63, 3.8) is 0 Å². The van der Waals surface area contributed by atoms with Crippen molar-refractivity contribution < 1.29 is 39.0 Å². The van der Waals surface area contributed by atoms with Gasteiger partial charge in [-0.15, -0.1) is 13.2 Å². The monoisotopic (exact) mass is 783 g/mol. The average Bonchev–Trinajstić information content (AvgIpc) is 3.31. The molecule has 5 rings (SSSR count). The van der Waals surface area contributed by atoms with Crippen LogP contribution >= 0.6 is 0 Å². The molecule has 56 heavy (non-hydrogen) atoms. The number of aliphatic hydroxyl groups is 3. The Morgan fingerprint density at radius 2 is 1.66 bits per heavy atom. The Hall–Kier alpha value is -2.14. The van der Waals surface area contributed by atoms with Gasteiger partial charge in [-0.05, 0) is 123 Å². The quantitative estimate of drug-likeness (QED) is 0.142. The minimum absolute atomic E-state index is 0. The summed E-state index contributed by atoms with van der Waals surface area (Å²) < 4.78 is 34.1. The third-order valence-electron chi connectivity index (χ3n) is 12.5. The summed E-state index contributed by atoms with van der Waals surface area (Å²) in [5.74, 6) is 0.278. The van der Waals surface area contributed by atoms with Crippen LogP contribution in [0.25, 0.3) is 0 Å². The van der Waals surface area contributed by atoms with Gasteiger partial charge in [-0.2, -0.15) is 0 Å². The van der Waals surface area contributed by atoms with Crippen molar-refractivity contribution in [1.82, 2.24) is 0 Å². The number of ether oxygens (including phenoxy) is 5. The Kier molecular flexibility index (Phi) is 18.3. The van der Waals surface area contributed by atoms with E-state index >= 15 is 0 Å². The van der Waals surface area contributed by atoms with Crippen LogP contribution in [-0.4, -0.2) is 87.1 Å². The van der Waals surface area contributed by atoms with Crippen molar-refractivity contribution in [2.45, 2.75) is 212 Å². The molecule has 0 bridgehead atoms. The van der Waals surface area contributed by atoms with E-state index in [1.165, 1.54) is 0 Å². The molecule has 8 heteroatoms. The minimum atomic E-state index is -0.941. The summed E-state index contributed by atoms with van der Waals surface area (Å²) >= 11 is 0. The van der Waals surface area contributed by atoms with E-state index < -0.39 is 35.1 Å². The largest absolute Gasteiger partial charge is 0.390 e. The van der Waals surface area contributed by atoms with Gasteiger partial charge in [0.15, 0.2) is 0 Å². The molecule has 13 unspecified atom stereocenters. The van der Waals surface area contributed by atoms with Gasteiger partial charge in [-0.1, -0.05) is 75.4 Å². The molecule has 0 spiro atoms. The van der Waals surface area contributed by atoms with Gasteiger partial charge in [-0.25, -0.2) is 0 Å². The maximum Gasteiger partial charge on any atom is 0.111 e. The molecule has 0 radical (unpaired) electrons. The third kappa shape index (κ3) is 12.2. The lowest BCUT2D eigenvalue weighted by Gasteiger charge is -2.49. The fourth-order valence-corrected chi connectivity index (χ4v) is 8.89. The summed E-state index contributed by atoms with van der Waals surface area (Å²) in [6.07, 6.45) is 11.7. The second-order valence-electron chi connectivity index (χ2n) is 17.6. The average molecular weight is 783 g/mol. The molecule has 4 aliphatic rings. The lowest BCUT2D eigenvalue weighted by Crippen LogP contribution is -2.59. The zero-order chi connectivity index (χ0) is 40.6. The van der Waals surface area contributed by atoms with E-state index in [-0.39, 0.29) is 56.1 Å². The van der Waals surface area contributed by atoms with Gasteiger partial charge in [0, 0.05) is 12.8 Å². The van der Waals surface area contributed by atoms with Crippen LogP contribution in [0.4, 0.5) is 0 Å². The number of hydrogen-bond donors (Lipinski definition) is 3. The lowest BCUT2D eigenvalue weighted by atomic mass is 9.79. The van der Waals surface area contributed by atoms with Crippen LogP contribution in [0.3, 0.4) is 0 Å². The molecule has 4 heterocycles. The molecule has 0 aromatic heterocycles. The highest BCUT2D eigenvalue weighted by molar-refractivity contribution is 5.31. The first kappa shape index (κ1) is 48.2. The summed E-state index contributed by atoms with van der Waals surface area (Å²) in [6, 6.07) is 9.71. The SMILES string of the molecule is C.C=CC.C=CCCC1OC(CC)C(OC2CC3OC4CC(C)C(CC/C=C(C)/C(C)=C/C(O)c5ccccc5)OC4(C)CC(O)C3OC2(C)C)CCC1(C)O. The second kappa shape index (κ2) is 21.2. The summed E-state index contributed by atoms with van der Waals surface area (Å²) in [4.78, 5) is 0. The standard InChI is InChI=1S/C44H68O8.C3H6.CH4/c1-10-12-21-38-43(8,47)23-22-36(34(11-2)48-38)49-39-26-37-41(52-42(39,6)7)33(46)27-44(9)40(50-37)25-30(5)35(51-44)20-16-17-28(3)29(4)24-32(45)31-18-14-13-15-19-31;1-3-2;/h10,13-15,17-19,24,30,32-41,45-47H,1,11-12,16,20-23,25-27H2,2-9H3;3H,1H2,2H3;1H4/b28-17+,29-24+;;. The lowest BCUT2D eigenvalue weighted by molar-refractivity contribution is -0.276. The van der Waals surface area contributed by atoms with Crippen molar-refractivity contribution >= 4 is 0 Å². The first-order chi connectivity index (χ1) is 26.0. The van der Waals surface area contributed by atoms with Crippen LogP contribution in [0.5, 0.6) is 0 Å². The molecule has 318 valence electrons. The second-order valence-corrected chi connectivity index (χ2v) is 17.6. The predicted molar refractivity (Wildman–Crippen MR) is 228 cm³/mol. The topological polar surface area (TPSA) is 107 Å². The van der Waals surface area contributed by atoms with Crippen LogP contribution in [0.15, 0.2) is 78.9 Å². The van der Waals surface area contributed by atoms with Crippen LogP contribution in [0.2, 0.25) is 0 Å². The van der Waals surface area contributed by atoms with Crippen LogP contribution in [0, 0.1) is 5.92 Å². The van der Waals surface area contributed by atoms with Gasteiger partial charge < -0.3 is 39.0 Å². The smallest absolute Gasteiger partial charge is 0.111 e. The van der Waals surface area contributed by atoms with Crippen molar-refractivity contribution in [2.75, 3.05) is 0 Å². The molecular formula is C48H78O8. The first-order valence-electron chi connectivity index (χ1n) is 21.0. The van der Waals surface area contributed by atoms with Crippen LogP contribution in [-0.2, 0) is 23.7 Å². The summed E-state index contributed by atoms with van der Waals surface area (Å²) in [5, 5.41) is 33.7. The summed E-state index contributed by atoms with van der Waals surface area (Å²) in [6.45, 7) is 25.7. The molecule has 1 aromatic rings. The Labute approximate surface area is 340 Å². The molecule has 8 nitrogen and oxygen atoms in total. The van der Waals surface area contributed by atoms with Gasteiger partial charge in [0.05, 0.1) is 71.7 Å². The fraction of sp³-hybridized carbons (Fsp3) is 0.708. The van der Waals surface area contributed by atoms with Crippen LogP contribution in [0.1, 0.15) is 146 Å². The highest BCUT2D eigenvalue weighted by Crippen LogP contribution is 2.47. The number of hydrogen-bond acceptors (Lipinski definition) is 8. The van der Waals surface area contributed by atoms with Gasteiger partial charge >= 0.3 is 0 Å². The predicted octanol–water partition coefficient (Wildman–Crippen LogP) is 9.92. The zero-order valence-electron chi connectivity index (χ0n) is 35.4. The molecule has 0 amide bonds. The summed E-state index contributed by atoms with van der Waals surface area (Å²) in [7, 11) is 0. The first-order valence-corrected chi connectivity index (χ1v) is 21.0. The maximum absolute atomic E-state index is 11.7. The Morgan fingerprint density at radius 1 is 0.982 bits per heavy atom. The van der Waals surface area contributed by atoms with E-state index in [9.17, 15) is 15.3 Å². The molecule has 1 aromatic carbocycles. The third-order valence-corrected chi connectivity index (χ3v) is 12.5. The van der Waals surface area contributed by atoms with Crippen molar-refractivity contribution in [1.29, 1.82) is 0 Å². The molecule has 4 saturated heterocycles. The Morgan fingerprint density at radius 3 is 2.30 bits per heavy atom. The minimum Gasteiger partial charge on any atom is -0.390 e. The van der Waals surface area contributed by atoms with E-state index in [0.29, 0.717) is 25.7 Å². The number of allylic oxidation sites excluding steroid dienone is 5. The van der Waals surface area contributed by atoms with Gasteiger partial charge in [0.25, 0.3) is 0 Å². The maximum atomic E-state index is 11.7. The number of benzene rings is 1. The molecule has 4 aliphatic heterocycles. The molecule has 0 saturated carbocycles. The molecule has 4 fully saturated rings. The Bertz CT molecular complexity index is 1420. The number of rotatable bonds is 12.